The molecule has 5 nitrogen and oxygen atoms in total. The minimum absolute atomic E-state index is 0.160. The normalized spacial score (nSPS) is 11.8. The van der Waals surface area contributed by atoms with Crippen molar-refractivity contribution in [2.24, 2.45) is 0 Å². The topological polar surface area (TPSA) is 61.8 Å². The predicted molar refractivity (Wildman–Crippen MR) is 74.3 cm³/mol. The van der Waals surface area contributed by atoms with Crippen LogP contribution in [0.3, 0.4) is 0 Å². The van der Waals surface area contributed by atoms with E-state index in [-0.39, 0.29) is 12.6 Å². The zero-order valence-electron chi connectivity index (χ0n) is 11.7. The average Bonchev–Trinajstić information content (AvgIpc) is 2.46. The molecule has 0 saturated heterocycles. The third-order valence-corrected chi connectivity index (χ3v) is 2.98. The monoisotopic (exact) mass is 266 g/mol. The van der Waals surface area contributed by atoms with Crippen LogP contribution in [0.15, 0.2) is 24.3 Å². The summed E-state index contributed by atoms with van der Waals surface area (Å²) in [4.78, 5) is 13.4. The summed E-state index contributed by atoms with van der Waals surface area (Å²) in [6.07, 6.45) is -0.741. The van der Waals surface area contributed by atoms with Gasteiger partial charge in [0.1, 0.15) is 5.75 Å². The van der Waals surface area contributed by atoms with Crippen LogP contribution in [0.1, 0.15) is 25.5 Å². The smallest absolute Gasteiger partial charge is 0.317 e. The van der Waals surface area contributed by atoms with Gasteiger partial charge in [-0.15, -0.1) is 0 Å². The Labute approximate surface area is 114 Å². The minimum Gasteiger partial charge on any atom is -0.497 e. The first-order chi connectivity index (χ1) is 9.12. The van der Waals surface area contributed by atoms with E-state index in [9.17, 15) is 9.90 Å². The Hall–Kier alpha value is -1.75. The first-order valence-electron chi connectivity index (χ1n) is 6.47. The van der Waals surface area contributed by atoms with Crippen LogP contribution >= 0.6 is 0 Å². The Morgan fingerprint density at radius 2 is 2.11 bits per heavy atom. The zero-order chi connectivity index (χ0) is 14.3. The van der Waals surface area contributed by atoms with Crippen LogP contribution in [0.5, 0.6) is 5.75 Å². The number of carbonyl (C=O) groups is 1. The number of aliphatic hydroxyl groups is 1. The molecule has 0 aliphatic heterocycles. The number of carbonyl (C=O) groups excluding carboxylic acids is 1. The van der Waals surface area contributed by atoms with Gasteiger partial charge < -0.3 is 20.1 Å². The number of rotatable bonds is 6. The zero-order valence-corrected chi connectivity index (χ0v) is 11.7. The van der Waals surface area contributed by atoms with Gasteiger partial charge in [-0.3, -0.25) is 0 Å². The summed E-state index contributed by atoms with van der Waals surface area (Å²) < 4.78 is 5.10. The summed E-state index contributed by atoms with van der Waals surface area (Å²) in [5.74, 6) is 0.687. The molecule has 106 valence electrons. The molecule has 0 bridgehead atoms. The second-order valence-electron chi connectivity index (χ2n) is 4.15. The van der Waals surface area contributed by atoms with Crippen LogP contribution in [0, 0.1) is 0 Å². The summed E-state index contributed by atoms with van der Waals surface area (Å²) >= 11 is 0. The van der Waals surface area contributed by atoms with Gasteiger partial charge in [0.25, 0.3) is 0 Å². The van der Waals surface area contributed by atoms with Crippen molar-refractivity contribution >= 4 is 6.03 Å². The first-order valence-corrected chi connectivity index (χ1v) is 6.47. The fourth-order valence-electron chi connectivity index (χ4n) is 1.77. The number of benzene rings is 1. The maximum atomic E-state index is 11.7. The van der Waals surface area contributed by atoms with Gasteiger partial charge in [0.05, 0.1) is 13.2 Å². The maximum Gasteiger partial charge on any atom is 0.317 e. The molecule has 1 rings (SSSR count). The Morgan fingerprint density at radius 1 is 1.42 bits per heavy atom. The van der Waals surface area contributed by atoms with Crippen molar-refractivity contribution in [3.05, 3.63) is 29.8 Å². The molecule has 0 radical (unpaired) electrons. The highest BCUT2D eigenvalue weighted by Crippen LogP contribution is 2.18. The molecule has 0 spiro atoms. The molecule has 1 aromatic rings. The van der Waals surface area contributed by atoms with Crippen LogP contribution in [-0.2, 0) is 0 Å². The fourth-order valence-corrected chi connectivity index (χ4v) is 1.77. The van der Waals surface area contributed by atoms with Gasteiger partial charge in [-0.1, -0.05) is 12.1 Å². The molecule has 0 aliphatic rings. The third-order valence-electron chi connectivity index (χ3n) is 2.98. The van der Waals surface area contributed by atoms with Crippen molar-refractivity contribution < 1.29 is 14.6 Å². The van der Waals surface area contributed by atoms with Gasteiger partial charge in [-0.25, -0.2) is 4.79 Å². The lowest BCUT2D eigenvalue weighted by Crippen LogP contribution is -2.41. The van der Waals surface area contributed by atoms with E-state index in [1.165, 1.54) is 0 Å². The van der Waals surface area contributed by atoms with Gasteiger partial charge in [0, 0.05) is 19.6 Å². The van der Waals surface area contributed by atoms with Gasteiger partial charge in [0.2, 0.25) is 0 Å². The lowest BCUT2D eigenvalue weighted by molar-refractivity contribution is 0.163. The SMILES string of the molecule is CCN(CC)C(=O)NCC(O)c1cccc(OC)c1. The lowest BCUT2D eigenvalue weighted by atomic mass is 10.1. The van der Waals surface area contributed by atoms with E-state index in [0.29, 0.717) is 18.8 Å². The maximum absolute atomic E-state index is 11.7. The number of ether oxygens (including phenoxy) is 1. The van der Waals surface area contributed by atoms with Crippen LogP contribution in [0.4, 0.5) is 4.79 Å². The van der Waals surface area contributed by atoms with E-state index >= 15 is 0 Å². The second kappa shape index (κ2) is 7.63. The summed E-state index contributed by atoms with van der Waals surface area (Å²) in [6, 6.07) is 7.02. The van der Waals surface area contributed by atoms with Gasteiger partial charge in [-0.05, 0) is 31.5 Å². The van der Waals surface area contributed by atoms with Crippen molar-refractivity contribution in [3.63, 3.8) is 0 Å². The molecule has 1 atom stereocenters. The Bertz CT molecular complexity index is 405. The van der Waals surface area contributed by atoms with Crippen molar-refractivity contribution in [2.45, 2.75) is 20.0 Å². The molecule has 1 aromatic carbocycles. The molecule has 0 heterocycles. The van der Waals surface area contributed by atoms with E-state index in [4.69, 9.17) is 4.74 Å². The quantitative estimate of drug-likeness (QED) is 0.825. The minimum atomic E-state index is -0.741. The van der Waals surface area contributed by atoms with E-state index < -0.39 is 6.10 Å². The summed E-state index contributed by atoms with van der Waals surface area (Å²) in [5.41, 5.74) is 0.721. The molecule has 0 saturated carbocycles. The molecule has 1 unspecified atom stereocenters. The van der Waals surface area contributed by atoms with E-state index in [2.05, 4.69) is 5.32 Å². The molecule has 0 aromatic heterocycles. The molecule has 0 fully saturated rings. The van der Waals surface area contributed by atoms with Gasteiger partial charge in [-0.2, -0.15) is 0 Å². The number of urea groups is 1. The number of aliphatic hydroxyl groups excluding tert-OH is 1. The van der Waals surface area contributed by atoms with Crippen molar-refractivity contribution in [1.82, 2.24) is 10.2 Å². The predicted octanol–water partition coefficient (Wildman–Crippen LogP) is 1.78. The number of nitrogens with one attached hydrogen (secondary N) is 1. The van der Waals surface area contributed by atoms with Gasteiger partial charge in [0.15, 0.2) is 0 Å². The standard InChI is InChI=1S/C14H22N2O3/c1-4-16(5-2)14(18)15-10-13(17)11-7-6-8-12(9-11)19-3/h6-9,13,17H,4-5,10H2,1-3H3,(H,15,18). The Balaban J connectivity index is 2.55. The van der Waals surface area contributed by atoms with Crippen molar-refractivity contribution in [2.75, 3.05) is 26.7 Å². The molecular formula is C14H22N2O3. The number of amides is 2. The first kappa shape index (κ1) is 15.3. The van der Waals surface area contributed by atoms with Gasteiger partial charge >= 0.3 is 6.03 Å². The largest absolute Gasteiger partial charge is 0.497 e. The molecule has 2 N–H and O–H groups in total. The summed E-state index contributed by atoms with van der Waals surface area (Å²) in [6.45, 7) is 5.32. The second-order valence-corrected chi connectivity index (χ2v) is 4.15. The molecular weight excluding hydrogens is 244 g/mol. The molecule has 2 amide bonds. The highest BCUT2D eigenvalue weighted by molar-refractivity contribution is 5.74. The van der Waals surface area contributed by atoms with Crippen molar-refractivity contribution in [1.29, 1.82) is 0 Å². The fraction of sp³-hybridized carbons (Fsp3) is 0.500. The number of nitrogens with zero attached hydrogens (tertiary/aromatic N) is 1. The highest BCUT2D eigenvalue weighted by Gasteiger charge is 2.13. The van der Waals surface area contributed by atoms with Crippen LogP contribution in [0.2, 0.25) is 0 Å². The van der Waals surface area contributed by atoms with Crippen molar-refractivity contribution in [3.8, 4) is 5.75 Å². The Kier molecular flexibility index (Phi) is 6.15. The molecule has 5 heteroatoms. The summed E-state index contributed by atoms with van der Waals surface area (Å²) in [5, 5.41) is 12.7. The average molecular weight is 266 g/mol. The van der Waals surface area contributed by atoms with E-state index in [0.717, 1.165) is 5.56 Å². The summed E-state index contributed by atoms with van der Waals surface area (Å²) in [7, 11) is 1.58. The highest BCUT2D eigenvalue weighted by atomic mass is 16.5. The number of hydrogen-bond acceptors (Lipinski definition) is 3. The van der Waals surface area contributed by atoms with Crippen LogP contribution in [0.25, 0.3) is 0 Å². The number of methoxy groups -OCH3 is 1. The van der Waals surface area contributed by atoms with E-state index in [1.54, 1.807) is 24.1 Å². The lowest BCUT2D eigenvalue weighted by Gasteiger charge is -2.20. The Morgan fingerprint density at radius 3 is 2.68 bits per heavy atom. The third kappa shape index (κ3) is 4.44. The van der Waals surface area contributed by atoms with Crippen LogP contribution < -0.4 is 10.1 Å². The molecule has 19 heavy (non-hydrogen) atoms. The number of hydrogen-bond donors (Lipinski definition) is 2. The van der Waals surface area contributed by atoms with Crippen LogP contribution in [-0.4, -0.2) is 42.8 Å². The molecule has 0 aliphatic carbocycles. The van der Waals surface area contributed by atoms with E-state index in [1.807, 2.05) is 26.0 Å².